The lowest BCUT2D eigenvalue weighted by Crippen LogP contribution is -2.47. The Morgan fingerprint density at radius 2 is 1.37 bits per heavy atom. The van der Waals surface area contributed by atoms with Gasteiger partial charge >= 0.3 is 0 Å². The maximum Gasteiger partial charge on any atom is 0.251 e. The molecule has 27 heavy (non-hydrogen) atoms. The SMILES string of the molecule is CC(=O)Nc1ccc(NC(=O)[C@H](NC(=O)c2ccc(Cl)cc2)C(C)C)cc1. The van der Waals surface area contributed by atoms with Crippen LogP contribution in [0.15, 0.2) is 48.5 Å². The second kappa shape index (κ2) is 9.19. The quantitative estimate of drug-likeness (QED) is 0.706. The molecule has 2 aromatic rings. The number of hydrogen-bond donors (Lipinski definition) is 3. The van der Waals surface area contributed by atoms with Crippen molar-refractivity contribution in [1.82, 2.24) is 5.32 Å². The molecule has 3 amide bonds. The summed E-state index contributed by atoms with van der Waals surface area (Å²) in [6.45, 7) is 5.13. The van der Waals surface area contributed by atoms with Crippen LogP contribution in [0.25, 0.3) is 0 Å². The molecule has 0 fully saturated rings. The van der Waals surface area contributed by atoms with Crippen molar-refractivity contribution >= 4 is 40.7 Å². The van der Waals surface area contributed by atoms with E-state index in [0.29, 0.717) is 22.0 Å². The largest absolute Gasteiger partial charge is 0.340 e. The molecule has 0 saturated heterocycles. The van der Waals surface area contributed by atoms with E-state index in [2.05, 4.69) is 16.0 Å². The lowest BCUT2D eigenvalue weighted by atomic mass is 10.0. The maximum absolute atomic E-state index is 12.6. The number of halogens is 1. The minimum atomic E-state index is -0.705. The van der Waals surface area contributed by atoms with E-state index in [1.54, 1.807) is 48.5 Å². The molecule has 6 nitrogen and oxygen atoms in total. The van der Waals surface area contributed by atoms with Gasteiger partial charge in [0.25, 0.3) is 5.91 Å². The van der Waals surface area contributed by atoms with E-state index in [4.69, 9.17) is 11.6 Å². The van der Waals surface area contributed by atoms with E-state index in [-0.39, 0.29) is 23.6 Å². The van der Waals surface area contributed by atoms with Crippen LogP contribution in [0.4, 0.5) is 11.4 Å². The van der Waals surface area contributed by atoms with E-state index >= 15 is 0 Å². The molecule has 0 aliphatic carbocycles. The zero-order valence-corrected chi connectivity index (χ0v) is 16.1. The van der Waals surface area contributed by atoms with Gasteiger partial charge in [0.15, 0.2) is 0 Å². The molecule has 0 unspecified atom stereocenters. The third-order valence-electron chi connectivity index (χ3n) is 3.81. The van der Waals surface area contributed by atoms with Crippen LogP contribution in [0.2, 0.25) is 5.02 Å². The van der Waals surface area contributed by atoms with E-state index in [9.17, 15) is 14.4 Å². The molecule has 0 aromatic heterocycles. The Hall–Kier alpha value is -2.86. The molecule has 1 atom stereocenters. The number of rotatable bonds is 6. The minimum Gasteiger partial charge on any atom is -0.340 e. The number of benzene rings is 2. The first kappa shape index (κ1) is 20.5. The zero-order chi connectivity index (χ0) is 20.0. The van der Waals surface area contributed by atoms with Gasteiger partial charge in [0.1, 0.15) is 6.04 Å². The third-order valence-corrected chi connectivity index (χ3v) is 4.07. The van der Waals surface area contributed by atoms with Crippen LogP contribution in [-0.2, 0) is 9.59 Å². The molecule has 0 bridgehead atoms. The zero-order valence-electron chi connectivity index (χ0n) is 15.4. The van der Waals surface area contributed by atoms with Gasteiger partial charge < -0.3 is 16.0 Å². The highest BCUT2D eigenvalue weighted by molar-refractivity contribution is 6.30. The van der Waals surface area contributed by atoms with Gasteiger partial charge in [-0.25, -0.2) is 0 Å². The first-order chi connectivity index (χ1) is 12.8. The topological polar surface area (TPSA) is 87.3 Å². The van der Waals surface area contributed by atoms with Crippen molar-refractivity contribution in [2.75, 3.05) is 10.6 Å². The van der Waals surface area contributed by atoms with E-state index in [1.165, 1.54) is 6.92 Å². The van der Waals surface area contributed by atoms with Crippen molar-refractivity contribution in [3.63, 3.8) is 0 Å². The van der Waals surface area contributed by atoms with Crippen LogP contribution >= 0.6 is 11.6 Å². The van der Waals surface area contributed by atoms with Gasteiger partial charge in [-0.2, -0.15) is 0 Å². The predicted octanol–water partition coefficient (Wildman–Crippen LogP) is 3.69. The highest BCUT2D eigenvalue weighted by atomic mass is 35.5. The Morgan fingerprint density at radius 1 is 0.852 bits per heavy atom. The van der Waals surface area contributed by atoms with Crippen molar-refractivity contribution in [3.8, 4) is 0 Å². The van der Waals surface area contributed by atoms with Crippen LogP contribution in [-0.4, -0.2) is 23.8 Å². The number of carbonyl (C=O) groups excluding carboxylic acids is 3. The molecule has 7 heteroatoms. The molecule has 142 valence electrons. The summed E-state index contributed by atoms with van der Waals surface area (Å²) in [5, 5.41) is 8.73. The molecule has 0 aliphatic rings. The highest BCUT2D eigenvalue weighted by Crippen LogP contribution is 2.15. The predicted molar refractivity (Wildman–Crippen MR) is 107 cm³/mol. The summed E-state index contributed by atoms with van der Waals surface area (Å²) in [6, 6.07) is 12.5. The van der Waals surface area contributed by atoms with E-state index in [1.807, 2.05) is 13.8 Å². The van der Waals surface area contributed by atoms with Crippen LogP contribution in [0.1, 0.15) is 31.1 Å². The number of hydrogen-bond acceptors (Lipinski definition) is 3. The molecule has 2 rings (SSSR count). The summed E-state index contributed by atoms with van der Waals surface area (Å²) in [5.41, 5.74) is 1.63. The Balaban J connectivity index is 2.04. The molecule has 0 radical (unpaired) electrons. The van der Waals surface area contributed by atoms with Crippen LogP contribution in [0, 0.1) is 5.92 Å². The van der Waals surface area contributed by atoms with Crippen molar-refractivity contribution in [2.45, 2.75) is 26.8 Å². The molecule has 0 heterocycles. The lowest BCUT2D eigenvalue weighted by molar-refractivity contribution is -0.119. The van der Waals surface area contributed by atoms with Crippen molar-refractivity contribution in [2.24, 2.45) is 5.92 Å². The number of anilines is 2. The fraction of sp³-hybridized carbons (Fsp3) is 0.250. The van der Waals surface area contributed by atoms with E-state index < -0.39 is 6.04 Å². The number of nitrogens with one attached hydrogen (secondary N) is 3. The first-order valence-corrected chi connectivity index (χ1v) is 8.89. The molecular weight excluding hydrogens is 366 g/mol. The fourth-order valence-corrected chi connectivity index (χ4v) is 2.55. The Bertz CT molecular complexity index is 817. The molecule has 0 aliphatic heterocycles. The average Bonchev–Trinajstić information content (AvgIpc) is 2.61. The Morgan fingerprint density at radius 3 is 1.85 bits per heavy atom. The summed E-state index contributed by atoms with van der Waals surface area (Å²) in [7, 11) is 0. The second-order valence-electron chi connectivity index (χ2n) is 6.45. The van der Waals surface area contributed by atoms with Gasteiger partial charge in [0.2, 0.25) is 11.8 Å². The van der Waals surface area contributed by atoms with Gasteiger partial charge in [0, 0.05) is 28.9 Å². The fourth-order valence-electron chi connectivity index (χ4n) is 2.42. The summed E-state index contributed by atoms with van der Waals surface area (Å²) in [4.78, 5) is 36.1. The number of carbonyl (C=O) groups is 3. The van der Waals surface area contributed by atoms with Gasteiger partial charge in [-0.3, -0.25) is 14.4 Å². The molecular formula is C20H22ClN3O3. The summed E-state index contributed by atoms with van der Waals surface area (Å²) in [5.74, 6) is -0.947. The Labute approximate surface area is 163 Å². The smallest absolute Gasteiger partial charge is 0.251 e. The summed E-state index contributed by atoms with van der Waals surface area (Å²) in [6.07, 6.45) is 0. The molecule has 0 spiro atoms. The third kappa shape index (κ3) is 6.11. The van der Waals surface area contributed by atoms with Crippen LogP contribution < -0.4 is 16.0 Å². The van der Waals surface area contributed by atoms with Gasteiger partial charge in [0.05, 0.1) is 0 Å². The Kier molecular flexibility index (Phi) is 6.96. The standard InChI is InChI=1S/C20H22ClN3O3/c1-12(2)18(24-19(26)14-4-6-15(21)7-5-14)20(27)23-17-10-8-16(9-11-17)22-13(3)25/h4-12,18H,1-3H3,(H,22,25)(H,23,27)(H,24,26)/t18-/m1/s1. The van der Waals surface area contributed by atoms with Crippen molar-refractivity contribution < 1.29 is 14.4 Å². The van der Waals surface area contributed by atoms with Gasteiger partial charge in [-0.15, -0.1) is 0 Å². The lowest BCUT2D eigenvalue weighted by Gasteiger charge is -2.22. The van der Waals surface area contributed by atoms with Crippen LogP contribution in [0.3, 0.4) is 0 Å². The van der Waals surface area contributed by atoms with Crippen molar-refractivity contribution in [1.29, 1.82) is 0 Å². The van der Waals surface area contributed by atoms with Gasteiger partial charge in [-0.05, 0) is 54.4 Å². The summed E-state index contributed by atoms with van der Waals surface area (Å²) < 4.78 is 0. The maximum atomic E-state index is 12.6. The highest BCUT2D eigenvalue weighted by Gasteiger charge is 2.24. The average molecular weight is 388 g/mol. The molecule has 3 N–H and O–H groups in total. The molecule has 2 aromatic carbocycles. The summed E-state index contributed by atoms with van der Waals surface area (Å²) >= 11 is 5.83. The second-order valence-corrected chi connectivity index (χ2v) is 6.89. The van der Waals surface area contributed by atoms with Crippen molar-refractivity contribution in [3.05, 3.63) is 59.1 Å². The number of amides is 3. The normalized spacial score (nSPS) is 11.6. The van der Waals surface area contributed by atoms with Crippen LogP contribution in [0.5, 0.6) is 0 Å². The van der Waals surface area contributed by atoms with Gasteiger partial charge in [-0.1, -0.05) is 25.4 Å². The first-order valence-electron chi connectivity index (χ1n) is 8.51. The molecule has 0 saturated carbocycles. The van der Waals surface area contributed by atoms with E-state index in [0.717, 1.165) is 0 Å². The minimum absolute atomic E-state index is 0.111. The monoisotopic (exact) mass is 387 g/mol.